The first-order valence-electron chi connectivity index (χ1n) is 7.12. The number of benzene rings is 1. The zero-order chi connectivity index (χ0) is 17.6. The first-order chi connectivity index (χ1) is 11.4. The summed E-state index contributed by atoms with van der Waals surface area (Å²) in [5.74, 6) is -0.385. The molecular formula is C16H15ClF3N3O. The molecule has 0 atom stereocenters. The Balaban J connectivity index is 1.82. The van der Waals surface area contributed by atoms with E-state index in [1.54, 1.807) is 12.4 Å². The lowest BCUT2D eigenvalue weighted by molar-refractivity contribution is -0.137. The monoisotopic (exact) mass is 357 g/mol. The largest absolute Gasteiger partial charge is 0.417 e. The minimum atomic E-state index is -4.57. The summed E-state index contributed by atoms with van der Waals surface area (Å²) >= 11 is 5.53. The van der Waals surface area contributed by atoms with Crippen molar-refractivity contribution >= 4 is 23.2 Å². The van der Waals surface area contributed by atoms with Crippen LogP contribution in [0.25, 0.3) is 0 Å². The van der Waals surface area contributed by atoms with E-state index < -0.39 is 16.8 Å². The topological polar surface area (TPSA) is 54.0 Å². The zero-order valence-corrected chi connectivity index (χ0v) is 13.3. The Morgan fingerprint density at radius 2 is 2.04 bits per heavy atom. The Hall–Kier alpha value is -2.12. The molecule has 1 amide bonds. The van der Waals surface area contributed by atoms with E-state index in [9.17, 15) is 18.0 Å². The number of halogens is 4. The summed E-state index contributed by atoms with van der Waals surface area (Å²) < 4.78 is 38.3. The van der Waals surface area contributed by atoms with Gasteiger partial charge in [0.1, 0.15) is 0 Å². The van der Waals surface area contributed by atoms with Crippen LogP contribution in [0.3, 0.4) is 0 Å². The van der Waals surface area contributed by atoms with Crippen molar-refractivity contribution in [3.8, 4) is 0 Å². The van der Waals surface area contributed by atoms with Crippen LogP contribution >= 0.6 is 11.6 Å². The lowest BCUT2D eigenvalue weighted by Crippen LogP contribution is -2.21. The molecule has 2 rings (SSSR count). The van der Waals surface area contributed by atoms with Crippen molar-refractivity contribution in [3.05, 3.63) is 58.9 Å². The number of aromatic nitrogens is 1. The SMILES string of the molecule is O=C(CCNCc1cccnc1)Nc1ccc(Cl)c(C(F)(F)F)c1. The van der Waals surface area contributed by atoms with Gasteiger partial charge in [0.05, 0.1) is 10.6 Å². The number of hydrogen-bond donors (Lipinski definition) is 2. The molecule has 0 aliphatic heterocycles. The Bertz CT molecular complexity index is 693. The molecule has 0 saturated carbocycles. The minimum absolute atomic E-state index is 0.0592. The first-order valence-corrected chi connectivity index (χ1v) is 7.50. The summed E-state index contributed by atoms with van der Waals surface area (Å²) in [5.41, 5.74) is 0.0612. The van der Waals surface area contributed by atoms with Crippen LogP contribution in [0.2, 0.25) is 5.02 Å². The fourth-order valence-corrected chi connectivity index (χ4v) is 2.21. The van der Waals surface area contributed by atoms with Gasteiger partial charge in [-0.1, -0.05) is 17.7 Å². The van der Waals surface area contributed by atoms with Gasteiger partial charge in [-0.05, 0) is 29.8 Å². The molecule has 24 heavy (non-hydrogen) atoms. The number of carbonyl (C=O) groups is 1. The summed E-state index contributed by atoms with van der Waals surface area (Å²) in [6.45, 7) is 0.945. The van der Waals surface area contributed by atoms with Gasteiger partial charge in [-0.25, -0.2) is 0 Å². The minimum Gasteiger partial charge on any atom is -0.326 e. The van der Waals surface area contributed by atoms with Gasteiger partial charge in [0.15, 0.2) is 0 Å². The van der Waals surface area contributed by atoms with Crippen LogP contribution in [0, 0.1) is 0 Å². The molecule has 0 radical (unpaired) electrons. The molecule has 2 aromatic rings. The maximum Gasteiger partial charge on any atom is 0.417 e. The number of nitrogens with zero attached hydrogens (tertiary/aromatic N) is 1. The van der Waals surface area contributed by atoms with Crippen molar-refractivity contribution in [3.63, 3.8) is 0 Å². The van der Waals surface area contributed by atoms with Crippen LogP contribution in [0.4, 0.5) is 18.9 Å². The second-order valence-corrected chi connectivity index (χ2v) is 5.44. The number of amides is 1. The van der Waals surface area contributed by atoms with Crippen LogP contribution in [0.15, 0.2) is 42.7 Å². The first kappa shape index (κ1) is 18.2. The molecule has 0 unspecified atom stereocenters. The fraction of sp³-hybridized carbons (Fsp3) is 0.250. The third-order valence-corrected chi connectivity index (χ3v) is 3.47. The number of pyridine rings is 1. The summed E-state index contributed by atoms with van der Waals surface area (Å²) in [6, 6.07) is 6.97. The predicted molar refractivity (Wildman–Crippen MR) is 85.6 cm³/mol. The van der Waals surface area contributed by atoms with E-state index in [4.69, 9.17) is 11.6 Å². The molecule has 128 valence electrons. The summed E-state index contributed by atoms with van der Waals surface area (Å²) in [7, 11) is 0. The number of rotatable bonds is 6. The quantitative estimate of drug-likeness (QED) is 0.772. The van der Waals surface area contributed by atoms with E-state index in [0.717, 1.165) is 17.7 Å². The van der Waals surface area contributed by atoms with Gasteiger partial charge in [0.2, 0.25) is 5.91 Å². The molecule has 1 heterocycles. The lowest BCUT2D eigenvalue weighted by Gasteiger charge is -2.12. The molecule has 0 aliphatic rings. The molecule has 2 N–H and O–H groups in total. The molecule has 0 bridgehead atoms. The second-order valence-electron chi connectivity index (χ2n) is 5.03. The van der Waals surface area contributed by atoms with E-state index in [-0.39, 0.29) is 18.0 Å². The normalized spacial score (nSPS) is 11.3. The molecular weight excluding hydrogens is 343 g/mol. The third-order valence-electron chi connectivity index (χ3n) is 3.14. The molecule has 0 aliphatic carbocycles. The highest BCUT2D eigenvalue weighted by Gasteiger charge is 2.33. The molecule has 0 fully saturated rings. The van der Waals surface area contributed by atoms with Crippen LogP contribution in [-0.4, -0.2) is 17.4 Å². The summed E-state index contributed by atoms with van der Waals surface area (Å²) in [5, 5.41) is 5.09. The van der Waals surface area contributed by atoms with Gasteiger partial charge in [-0.3, -0.25) is 9.78 Å². The molecule has 0 spiro atoms. The van der Waals surface area contributed by atoms with Crippen molar-refractivity contribution in [1.29, 1.82) is 0 Å². The van der Waals surface area contributed by atoms with Crippen molar-refractivity contribution in [2.45, 2.75) is 19.1 Å². The number of hydrogen-bond acceptors (Lipinski definition) is 3. The standard InChI is InChI=1S/C16H15ClF3N3O/c17-14-4-3-12(8-13(14)16(18,19)20)23-15(24)5-7-22-10-11-2-1-6-21-9-11/h1-4,6,8-9,22H,5,7,10H2,(H,23,24). The van der Waals surface area contributed by atoms with Gasteiger partial charge >= 0.3 is 6.18 Å². The van der Waals surface area contributed by atoms with Crippen molar-refractivity contribution < 1.29 is 18.0 Å². The van der Waals surface area contributed by atoms with Gasteiger partial charge < -0.3 is 10.6 Å². The maximum atomic E-state index is 12.8. The van der Waals surface area contributed by atoms with E-state index in [0.29, 0.717) is 13.1 Å². The molecule has 1 aromatic carbocycles. The highest BCUT2D eigenvalue weighted by molar-refractivity contribution is 6.31. The average Bonchev–Trinajstić information content (AvgIpc) is 2.53. The van der Waals surface area contributed by atoms with Crippen LogP contribution in [0.1, 0.15) is 17.5 Å². The third kappa shape index (κ3) is 5.50. The summed E-state index contributed by atoms with van der Waals surface area (Å²) in [4.78, 5) is 15.8. The van der Waals surface area contributed by atoms with Crippen LogP contribution in [0.5, 0.6) is 0 Å². The average molecular weight is 358 g/mol. The zero-order valence-electron chi connectivity index (χ0n) is 12.5. The Kier molecular flexibility index (Phi) is 6.16. The second kappa shape index (κ2) is 8.12. The van der Waals surface area contributed by atoms with E-state index >= 15 is 0 Å². The van der Waals surface area contributed by atoms with Gasteiger partial charge in [0.25, 0.3) is 0 Å². The van der Waals surface area contributed by atoms with Crippen LogP contribution < -0.4 is 10.6 Å². The van der Waals surface area contributed by atoms with Crippen LogP contribution in [-0.2, 0) is 17.5 Å². The van der Waals surface area contributed by atoms with Gasteiger partial charge in [0, 0.05) is 37.6 Å². The molecule has 1 aromatic heterocycles. The highest BCUT2D eigenvalue weighted by atomic mass is 35.5. The summed E-state index contributed by atoms with van der Waals surface area (Å²) in [6.07, 6.45) is -1.06. The fourth-order valence-electron chi connectivity index (χ4n) is 1.98. The Morgan fingerprint density at radius 1 is 1.25 bits per heavy atom. The maximum absolute atomic E-state index is 12.8. The van der Waals surface area contributed by atoms with E-state index in [1.165, 1.54) is 6.07 Å². The smallest absolute Gasteiger partial charge is 0.326 e. The number of carbonyl (C=O) groups excluding carboxylic acids is 1. The van der Waals surface area contributed by atoms with E-state index in [2.05, 4.69) is 15.6 Å². The number of anilines is 1. The predicted octanol–water partition coefficient (Wildman–Crippen LogP) is 3.87. The van der Waals surface area contributed by atoms with Gasteiger partial charge in [-0.2, -0.15) is 13.2 Å². The Morgan fingerprint density at radius 3 is 2.71 bits per heavy atom. The molecule has 8 heteroatoms. The lowest BCUT2D eigenvalue weighted by atomic mass is 10.2. The number of alkyl halides is 3. The highest BCUT2D eigenvalue weighted by Crippen LogP contribution is 2.36. The Labute approximate surface area is 142 Å². The molecule has 4 nitrogen and oxygen atoms in total. The van der Waals surface area contributed by atoms with E-state index in [1.807, 2.05) is 12.1 Å². The molecule has 0 saturated heterocycles. The number of nitrogens with one attached hydrogen (secondary N) is 2. The van der Waals surface area contributed by atoms with Gasteiger partial charge in [-0.15, -0.1) is 0 Å². The van der Waals surface area contributed by atoms with Crippen molar-refractivity contribution in [1.82, 2.24) is 10.3 Å². The van der Waals surface area contributed by atoms with Crippen molar-refractivity contribution in [2.75, 3.05) is 11.9 Å². The van der Waals surface area contributed by atoms with Crippen molar-refractivity contribution in [2.24, 2.45) is 0 Å².